The monoisotopic (exact) mass is 338 g/mol. The highest BCUT2D eigenvalue weighted by atomic mass is 16.3. The fourth-order valence-corrected chi connectivity index (χ4v) is 2.62. The molecule has 0 aliphatic carbocycles. The Balaban J connectivity index is 0. The lowest BCUT2D eigenvalue weighted by atomic mass is 9.89. The van der Waals surface area contributed by atoms with Crippen molar-refractivity contribution in [3.05, 3.63) is 34.4 Å². The zero-order valence-electron chi connectivity index (χ0n) is 17.4. The molecule has 0 aromatic heterocycles. The van der Waals surface area contributed by atoms with Gasteiger partial charge in [-0.15, -0.1) is 0 Å². The lowest BCUT2D eigenvalue weighted by molar-refractivity contribution is 0.268. The molecule has 0 atom stereocenters. The van der Waals surface area contributed by atoms with E-state index in [1.807, 2.05) is 0 Å². The first kappa shape index (κ1) is 25.4. The Bertz CT molecular complexity index is 383. The van der Waals surface area contributed by atoms with Crippen molar-refractivity contribution in [2.45, 2.75) is 86.5 Å². The Morgan fingerprint density at radius 1 is 0.875 bits per heavy atom. The van der Waals surface area contributed by atoms with Crippen LogP contribution in [0.25, 0.3) is 0 Å². The van der Waals surface area contributed by atoms with Crippen molar-refractivity contribution in [3.63, 3.8) is 0 Å². The van der Waals surface area contributed by atoms with Crippen LogP contribution in [0.3, 0.4) is 0 Å². The summed E-state index contributed by atoms with van der Waals surface area (Å²) in [4.78, 5) is 0. The molecule has 0 radical (unpaired) electrons. The molecule has 2 nitrogen and oxygen atoms in total. The second kappa shape index (κ2) is 15.7. The predicted octanol–water partition coefficient (Wildman–Crippen LogP) is 5.52. The van der Waals surface area contributed by atoms with E-state index in [4.69, 9.17) is 10.2 Å². The van der Waals surface area contributed by atoms with E-state index in [1.54, 1.807) is 16.7 Å². The molecule has 0 amide bonds. The van der Waals surface area contributed by atoms with Crippen LogP contribution in [0.1, 0.15) is 89.5 Å². The van der Waals surface area contributed by atoms with Crippen LogP contribution in [-0.4, -0.2) is 23.9 Å². The number of rotatable bonds is 7. The van der Waals surface area contributed by atoms with Gasteiger partial charge in [0, 0.05) is 13.7 Å². The zero-order valence-corrected chi connectivity index (χ0v) is 17.4. The Labute approximate surface area is 151 Å². The van der Waals surface area contributed by atoms with E-state index >= 15 is 0 Å². The van der Waals surface area contributed by atoms with Crippen LogP contribution in [0.4, 0.5) is 0 Å². The van der Waals surface area contributed by atoms with Gasteiger partial charge in [-0.25, -0.2) is 0 Å². The highest BCUT2D eigenvalue weighted by molar-refractivity contribution is 5.40. The van der Waals surface area contributed by atoms with Crippen molar-refractivity contribution < 1.29 is 10.2 Å². The number of aliphatic hydroxyl groups is 2. The van der Waals surface area contributed by atoms with Crippen LogP contribution >= 0.6 is 0 Å². The third kappa shape index (κ3) is 10.1. The summed E-state index contributed by atoms with van der Waals surface area (Å²) in [6, 6.07) is 4.85. The summed E-state index contributed by atoms with van der Waals surface area (Å²) in [5.74, 6) is 1.29. The molecule has 142 valence electrons. The van der Waals surface area contributed by atoms with Gasteiger partial charge in [-0.05, 0) is 59.8 Å². The lowest BCUT2D eigenvalue weighted by Gasteiger charge is -2.17. The zero-order chi connectivity index (χ0) is 19.1. The summed E-state index contributed by atoms with van der Waals surface area (Å²) in [7, 11) is 1.00. The Morgan fingerprint density at radius 3 is 1.54 bits per heavy atom. The topological polar surface area (TPSA) is 40.5 Å². The van der Waals surface area contributed by atoms with Crippen molar-refractivity contribution in [2.75, 3.05) is 13.7 Å². The molecule has 0 saturated heterocycles. The molecule has 24 heavy (non-hydrogen) atoms. The highest BCUT2D eigenvalue weighted by Gasteiger charge is 2.09. The molecule has 0 spiro atoms. The molecule has 1 aromatic rings. The number of aliphatic hydroxyl groups excluding tert-OH is 2. The quantitative estimate of drug-likeness (QED) is 0.687. The molecule has 1 aromatic carbocycles. The van der Waals surface area contributed by atoms with Crippen LogP contribution < -0.4 is 0 Å². The minimum absolute atomic E-state index is 0.331. The Hall–Kier alpha value is -0.860. The molecule has 2 heteroatoms. The minimum atomic E-state index is 0.331. The van der Waals surface area contributed by atoms with Gasteiger partial charge in [0.2, 0.25) is 0 Å². The SMILES string of the molecule is CC(C)CCO.CCCc1c(CC)cc(C(C)C)cc1CC.CO. The van der Waals surface area contributed by atoms with E-state index in [-0.39, 0.29) is 0 Å². The second-order valence-electron chi connectivity index (χ2n) is 6.84. The van der Waals surface area contributed by atoms with Crippen molar-refractivity contribution in [2.24, 2.45) is 5.92 Å². The minimum Gasteiger partial charge on any atom is -0.400 e. The van der Waals surface area contributed by atoms with Gasteiger partial charge in [0.1, 0.15) is 0 Å². The summed E-state index contributed by atoms with van der Waals surface area (Å²) < 4.78 is 0. The summed E-state index contributed by atoms with van der Waals surface area (Å²) >= 11 is 0. The van der Waals surface area contributed by atoms with Gasteiger partial charge in [-0.2, -0.15) is 0 Å². The maximum atomic E-state index is 8.24. The molecule has 0 fully saturated rings. The average Bonchev–Trinajstić information content (AvgIpc) is 2.57. The van der Waals surface area contributed by atoms with Gasteiger partial charge in [0.05, 0.1) is 0 Å². The van der Waals surface area contributed by atoms with Crippen molar-refractivity contribution in [3.8, 4) is 0 Å². The number of hydrogen-bond donors (Lipinski definition) is 2. The Kier molecular flexibility index (Phi) is 16.6. The van der Waals surface area contributed by atoms with Crippen LogP contribution in [0.15, 0.2) is 12.1 Å². The van der Waals surface area contributed by atoms with E-state index in [0.29, 0.717) is 18.4 Å². The van der Waals surface area contributed by atoms with Gasteiger partial charge in [0.25, 0.3) is 0 Å². The van der Waals surface area contributed by atoms with Crippen LogP contribution in [0.5, 0.6) is 0 Å². The smallest absolute Gasteiger partial charge is 0.0433 e. The summed E-state index contributed by atoms with van der Waals surface area (Å²) in [6.07, 6.45) is 5.76. The van der Waals surface area contributed by atoms with E-state index < -0.39 is 0 Å². The van der Waals surface area contributed by atoms with Crippen LogP contribution in [-0.2, 0) is 19.3 Å². The molecular formula is C22H42O2. The van der Waals surface area contributed by atoms with Crippen LogP contribution in [0, 0.1) is 5.92 Å². The lowest BCUT2D eigenvalue weighted by Crippen LogP contribution is -2.02. The standard InChI is InChI=1S/C16H26.C5H12O.CH4O/c1-6-9-16-13(7-2)10-15(12(4)5)11-14(16)8-3;1-5(2)3-4-6;1-2/h10-12H,6-9H2,1-5H3;5-6H,3-4H2,1-2H3;2H,1H3. The predicted molar refractivity (Wildman–Crippen MR) is 108 cm³/mol. The third-order valence-electron chi connectivity index (χ3n) is 4.09. The first-order chi connectivity index (χ1) is 11.4. The fourth-order valence-electron chi connectivity index (χ4n) is 2.62. The highest BCUT2D eigenvalue weighted by Crippen LogP contribution is 2.25. The van der Waals surface area contributed by atoms with Gasteiger partial charge < -0.3 is 10.2 Å². The van der Waals surface area contributed by atoms with E-state index in [2.05, 4.69) is 60.6 Å². The molecule has 0 saturated carbocycles. The molecule has 2 N–H and O–H groups in total. The summed E-state index contributed by atoms with van der Waals surface area (Å²) in [5.41, 5.74) is 6.28. The third-order valence-corrected chi connectivity index (χ3v) is 4.09. The molecule has 1 rings (SSSR count). The van der Waals surface area contributed by atoms with Gasteiger partial charge >= 0.3 is 0 Å². The van der Waals surface area contributed by atoms with Crippen molar-refractivity contribution >= 4 is 0 Å². The molecular weight excluding hydrogens is 296 g/mol. The van der Waals surface area contributed by atoms with Gasteiger partial charge in [-0.1, -0.05) is 67.0 Å². The van der Waals surface area contributed by atoms with E-state index in [9.17, 15) is 0 Å². The fraction of sp³-hybridized carbons (Fsp3) is 0.727. The number of hydrogen-bond acceptors (Lipinski definition) is 2. The molecule has 0 aliphatic heterocycles. The normalized spacial score (nSPS) is 10.2. The molecule has 0 heterocycles. The van der Waals surface area contributed by atoms with Crippen molar-refractivity contribution in [1.29, 1.82) is 0 Å². The second-order valence-corrected chi connectivity index (χ2v) is 6.84. The van der Waals surface area contributed by atoms with E-state index in [1.165, 1.54) is 31.2 Å². The summed E-state index contributed by atoms with van der Waals surface area (Å²) in [6.45, 7) is 15.9. The molecule has 0 unspecified atom stereocenters. The molecule has 0 aliphatic rings. The first-order valence-electron chi connectivity index (χ1n) is 9.61. The van der Waals surface area contributed by atoms with Gasteiger partial charge in [-0.3, -0.25) is 0 Å². The average molecular weight is 339 g/mol. The van der Waals surface area contributed by atoms with Crippen molar-refractivity contribution in [1.82, 2.24) is 0 Å². The van der Waals surface area contributed by atoms with E-state index in [0.717, 1.165) is 13.5 Å². The number of aryl methyl sites for hydroxylation is 2. The largest absolute Gasteiger partial charge is 0.400 e. The summed E-state index contributed by atoms with van der Waals surface area (Å²) in [5, 5.41) is 15.2. The Morgan fingerprint density at radius 2 is 1.33 bits per heavy atom. The maximum Gasteiger partial charge on any atom is 0.0433 e. The van der Waals surface area contributed by atoms with Crippen LogP contribution in [0.2, 0.25) is 0 Å². The maximum absolute atomic E-state index is 8.24. The molecule has 0 bridgehead atoms. The number of benzene rings is 1. The first-order valence-corrected chi connectivity index (χ1v) is 9.61. The van der Waals surface area contributed by atoms with Gasteiger partial charge in [0.15, 0.2) is 0 Å².